The van der Waals surface area contributed by atoms with E-state index in [-0.39, 0.29) is 11.9 Å². The molecule has 0 saturated heterocycles. The Morgan fingerprint density at radius 1 is 1.20 bits per heavy atom. The Morgan fingerprint density at radius 3 is 2.55 bits per heavy atom. The van der Waals surface area contributed by atoms with E-state index in [1.54, 1.807) is 0 Å². The summed E-state index contributed by atoms with van der Waals surface area (Å²) in [6, 6.07) is 16.0. The van der Waals surface area contributed by atoms with Crippen molar-refractivity contribution in [1.29, 1.82) is 0 Å². The normalized spacial score (nSPS) is 11.9. The van der Waals surface area contributed by atoms with Gasteiger partial charge in [0.25, 0.3) is 5.91 Å². The van der Waals surface area contributed by atoms with Gasteiger partial charge < -0.3 is 5.32 Å². The summed E-state index contributed by atoms with van der Waals surface area (Å²) in [5.74, 6) is -0.0298. The van der Waals surface area contributed by atoms with Crippen LogP contribution in [0.25, 0.3) is 0 Å². The van der Waals surface area contributed by atoms with E-state index < -0.39 is 0 Å². The van der Waals surface area contributed by atoms with E-state index in [1.807, 2.05) is 50.2 Å². The molecule has 2 aromatic rings. The first-order valence-corrected chi connectivity index (χ1v) is 7.46. The van der Waals surface area contributed by atoms with Crippen LogP contribution in [0, 0.1) is 6.92 Å². The van der Waals surface area contributed by atoms with Gasteiger partial charge in [0.1, 0.15) is 0 Å². The van der Waals surface area contributed by atoms with Crippen LogP contribution in [0.15, 0.2) is 53.0 Å². The molecule has 0 aliphatic heterocycles. The number of carbonyl (C=O) groups is 1. The maximum atomic E-state index is 12.2. The van der Waals surface area contributed by atoms with Crippen molar-refractivity contribution in [1.82, 2.24) is 5.32 Å². The van der Waals surface area contributed by atoms with Crippen LogP contribution in [0.1, 0.15) is 28.4 Å². The highest BCUT2D eigenvalue weighted by molar-refractivity contribution is 9.10. The van der Waals surface area contributed by atoms with Crippen molar-refractivity contribution in [3.63, 3.8) is 0 Å². The molecule has 20 heavy (non-hydrogen) atoms. The molecular formula is C17H18BrNO. The number of halogens is 1. The zero-order valence-corrected chi connectivity index (χ0v) is 13.3. The van der Waals surface area contributed by atoms with Crippen molar-refractivity contribution in [2.45, 2.75) is 26.3 Å². The Morgan fingerprint density at radius 2 is 1.90 bits per heavy atom. The lowest BCUT2D eigenvalue weighted by molar-refractivity contribution is 0.0940. The third-order valence-corrected chi connectivity index (χ3v) is 3.52. The van der Waals surface area contributed by atoms with E-state index in [2.05, 4.69) is 33.4 Å². The van der Waals surface area contributed by atoms with Crippen molar-refractivity contribution in [2.24, 2.45) is 0 Å². The van der Waals surface area contributed by atoms with Gasteiger partial charge in [0, 0.05) is 16.1 Å². The highest BCUT2D eigenvalue weighted by Gasteiger charge is 2.11. The summed E-state index contributed by atoms with van der Waals surface area (Å²) in [4.78, 5) is 12.2. The third-order valence-electron chi connectivity index (χ3n) is 3.07. The molecule has 1 N–H and O–H groups in total. The van der Waals surface area contributed by atoms with Crippen LogP contribution in [0.5, 0.6) is 0 Å². The maximum Gasteiger partial charge on any atom is 0.251 e. The minimum Gasteiger partial charge on any atom is -0.349 e. The van der Waals surface area contributed by atoms with Crippen LogP contribution >= 0.6 is 15.9 Å². The summed E-state index contributed by atoms with van der Waals surface area (Å²) in [7, 11) is 0. The molecule has 2 aromatic carbocycles. The smallest absolute Gasteiger partial charge is 0.251 e. The Hall–Kier alpha value is -1.61. The number of hydrogen-bond acceptors (Lipinski definition) is 1. The van der Waals surface area contributed by atoms with Crippen molar-refractivity contribution >= 4 is 21.8 Å². The van der Waals surface area contributed by atoms with E-state index >= 15 is 0 Å². The fourth-order valence-corrected chi connectivity index (χ4v) is 2.80. The molecule has 0 saturated carbocycles. The van der Waals surface area contributed by atoms with Gasteiger partial charge in [-0.3, -0.25) is 4.79 Å². The zero-order chi connectivity index (χ0) is 14.5. The molecule has 104 valence electrons. The molecule has 3 heteroatoms. The molecule has 2 nitrogen and oxygen atoms in total. The predicted molar refractivity (Wildman–Crippen MR) is 86.0 cm³/mol. The van der Waals surface area contributed by atoms with Gasteiger partial charge in [-0.2, -0.15) is 0 Å². The van der Waals surface area contributed by atoms with E-state index in [1.165, 1.54) is 5.56 Å². The summed E-state index contributed by atoms with van der Waals surface area (Å²) in [5, 5.41) is 3.04. The van der Waals surface area contributed by atoms with Crippen molar-refractivity contribution < 1.29 is 4.79 Å². The summed E-state index contributed by atoms with van der Waals surface area (Å²) in [6.45, 7) is 4.00. The quantitative estimate of drug-likeness (QED) is 0.897. The van der Waals surface area contributed by atoms with Crippen LogP contribution < -0.4 is 5.32 Å². The molecule has 1 amide bonds. The standard InChI is InChI=1S/C17H18BrNO/c1-12-8-15(11-16(18)9-12)17(20)19-13(2)10-14-6-4-3-5-7-14/h3-9,11,13H,10H2,1-2H3,(H,19,20). The Kier molecular flexibility index (Phi) is 4.96. The molecule has 0 aromatic heterocycles. The Balaban J connectivity index is 2.00. The molecule has 0 heterocycles. The Labute approximate surface area is 128 Å². The maximum absolute atomic E-state index is 12.2. The van der Waals surface area contributed by atoms with Crippen molar-refractivity contribution in [2.75, 3.05) is 0 Å². The second-order valence-electron chi connectivity index (χ2n) is 5.08. The first-order chi connectivity index (χ1) is 9.54. The summed E-state index contributed by atoms with van der Waals surface area (Å²) >= 11 is 3.42. The van der Waals surface area contributed by atoms with Gasteiger partial charge in [-0.15, -0.1) is 0 Å². The Bertz CT molecular complexity index is 575. The SMILES string of the molecule is Cc1cc(Br)cc(C(=O)NC(C)Cc2ccccc2)c1. The zero-order valence-electron chi connectivity index (χ0n) is 11.7. The van der Waals surface area contributed by atoms with E-state index in [4.69, 9.17) is 0 Å². The fourth-order valence-electron chi connectivity index (χ4n) is 2.19. The lowest BCUT2D eigenvalue weighted by atomic mass is 10.1. The van der Waals surface area contributed by atoms with Crippen LogP contribution in [-0.2, 0) is 6.42 Å². The summed E-state index contributed by atoms with van der Waals surface area (Å²) in [6.07, 6.45) is 0.833. The number of hydrogen-bond donors (Lipinski definition) is 1. The number of carbonyl (C=O) groups excluding carboxylic acids is 1. The molecule has 0 aliphatic rings. The topological polar surface area (TPSA) is 29.1 Å². The molecule has 1 unspecified atom stereocenters. The van der Waals surface area contributed by atoms with Crippen LogP contribution in [0.3, 0.4) is 0 Å². The number of benzene rings is 2. The first kappa shape index (κ1) is 14.8. The molecule has 0 radical (unpaired) electrons. The molecule has 0 fully saturated rings. The molecule has 0 aliphatic carbocycles. The number of nitrogens with one attached hydrogen (secondary N) is 1. The van der Waals surface area contributed by atoms with Crippen LogP contribution in [0.2, 0.25) is 0 Å². The van der Waals surface area contributed by atoms with Gasteiger partial charge in [-0.05, 0) is 49.6 Å². The summed E-state index contributed by atoms with van der Waals surface area (Å²) < 4.78 is 0.929. The highest BCUT2D eigenvalue weighted by atomic mass is 79.9. The second kappa shape index (κ2) is 6.71. The van der Waals surface area contributed by atoms with E-state index in [9.17, 15) is 4.79 Å². The molecule has 1 atom stereocenters. The second-order valence-corrected chi connectivity index (χ2v) is 6.00. The highest BCUT2D eigenvalue weighted by Crippen LogP contribution is 2.15. The molecule has 0 spiro atoms. The van der Waals surface area contributed by atoms with Crippen molar-refractivity contribution in [3.8, 4) is 0 Å². The first-order valence-electron chi connectivity index (χ1n) is 6.66. The number of rotatable bonds is 4. The lowest BCUT2D eigenvalue weighted by Crippen LogP contribution is -2.34. The van der Waals surface area contributed by atoms with Gasteiger partial charge >= 0.3 is 0 Å². The average molecular weight is 332 g/mol. The van der Waals surface area contributed by atoms with Gasteiger partial charge in [0.05, 0.1) is 0 Å². The van der Waals surface area contributed by atoms with Crippen molar-refractivity contribution in [3.05, 3.63) is 69.7 Å². The lowest BCUT2D eigenvalue weighted by Gasteiger charge is -2.14. The summed E-state index contributed by atoms with van der Waals surface area (Å²) in [5.41, 5.74) is 2.99. The largest absolute Gasteiger partial charge is 0.349 e. The minimum absolute atomic E-state index is 0.0298. The van der Waals surface area contributed by atoms with Gasteiger partial charge in [-0.25, -0.2) is 0 Å². The fraction of sp³-hybridized carbons (Fsp3) is 0.235. The minimum atomic E-state index is -0.0298. The number of amides is 1. The van der Waals surface area contributed by atoms with Gasteiger partial charge in [-0.1, -0.05) is 46.3 Å². The molecular weight excluding hydrogens is 314 g/mol. The third kappa shape index (κ3) is 4.20. The molecule has 2 rings (SSSR count). The van der Waals surface area contributed by atoms with Gasteiger partial charge in [0.2, 0.25) is 0 Å². The van der Waals surface area contributed by atoms with Gasteiger partial charge in [0.15, 0.2) is 0 Å². The molecule has 0 bridgehead atoms. The van der Waals surface area contributed by atoms with Crippen LogP contribution in [-0.4, -0.2) is 11.9 Å². The average Bonchev–Trinajstić information content (AvgIpc) is 2.38. The van der Waals surface area contributed by atoms with E-state index in [0.717, 1.165) is 16.5 Å². The van der Waals surface area contributed by atoms with Crippen LogP contribution in [0.4, 0.5) is 0 Å². The number of aryl methyl sites for hydroxylation is 1. The predicted octanol–water partition coefficient (Wildman–Crippen LogP) is 4.12. The monoisotopic (exact) mass is 331 g/mol. The van der Waals surface area contributed by atoms with E-state index in [0.29, 0.717) is 5.56 Å².